The molecule has 0 atom stereocenters. The molecule has 1 aliphatic heterocycles. The zero-order chi connectivity index (χ0) is 21.4. The number of hydrogen-bond acceptors (Lipinski definition) is 5. The van der Waals surface area contributed by atoms with E-state index in [4.69, 9.17) is 0 Å². The number of thioether (sulfide) groups is 1. The van der Waals surface area contributed by atoms with Gasteiger partial charge in [-0.05, 0) is 49.1 Å². The second kappa shape index (κ2) is 10.9. The molecule has 8 heteroatoms. The van der Waals surface area contributed by atoms with Gasteiger partial charge in [-0.15, -0.1) is 11.8 Å². The average Bonchev–Trinajstić information content (AvgIpc) is 2.77. The minimum absolute atomic E-state index is 0.0323. The van der Waals surface area contributed by atoms with Crippen LogP contribution in [0.5, 0.6) is 0 Å². The van der Waals surface area contributed by atoms with Crippen molar-refractivity contribution >= 4 is 33.4 Å². The molecule has 3 rings (SSSR count). The Labute approximate surface area is 183 Å². The van der Waals surface area contributed by atoms with E-state index < -0.39 is 10.0 Å². The Morgan fingerprint density at radius 2 is 2.00 bits per heavy atom. The van der Waals surface area contributed by atoms with E-state index in [0.29, 0.717) is 32.4 Å². The van der Waals surface area contributed by atoms with Gasteiger partial charge in [0.25, 0.3) is 0 Å². The lowest BCUT2D eigenvalue weighted by atomic mass is 9.97. The molecule has 1 aromatic heterocycles. The van der Waals surface area contributed by atoms with Crippen molar-refractivity contribution in [1.29, 1.82) is 0 Å². The van der Waals surface area contributed by atoms with Crippen molar-refractivity contribution in [3.63, 3.8) is 0 Å². The monoisotopic (exact) mass is 447 g/mol. The molecule has 2 heterocycles. The van der Waals surface area contributed by atoms with E-state index in [-0.39, 0.29) is 17.6 Å². The Morgan fingerprint density at radius 1 is 1.20 bits per heavy atom. The maximum Gasteiger partial charge on any atom is 0.227 e. The Morgan fingerprint density at radius 3 is 2.70 bits per heavy atom. The van der Waals surface area contributed by atoms with Gasteiger partial charge in [0.2, 0.25) is 15.9 Å². The molecule has 30 heavy (non-hydrogen) atoms. The first-order valence-corrected chi connectivity index (χ1v) is 13.0. The van der Waals surface area contributed by atoms with Gasteiger partial charge in [0.1, 0.15) is 0 Å². The Kier molecular flexibility index (Phi) is 8.30. The molecule has 1 amide bonds. The number of nitrogens with one attached hydrogen (secondary N) is 1. The number of pyridine rings is 1. The van der Waals surface area contributed by atoms with Crippen molar-refractivity contribution in [2.45, 2.75) is 43.4 Å². The topological polar surface area (TPSA) is 79.4 Å². The van der Waals surface area contributed by atoms with Crippen LogP contribution in [0.3, 0.4) is 0 Å². The summed E-state index contributed by atoms with van der Waals surface area (Å²) in [7, 11) is -3.19. The van der Waals surface area contributed by atoms with Crippen LogP contribution in [0.25, 0.3) is 0 Å². The molecule has 1 saturated heterocycles. The zero-order valence-corrected chi connectivity index (χ0v) is 18.9. The van der Waals surface area contributed by atoms with Crippen LogP contribution in [0.4, 0.5) is 5.69 Å². The number of carbonyl (C=O) groups excluding carboxylic acids is 1. The molecule has 1 aliphatic rings. The molecule has 0 aliphatic carbocycles. The van der Waals surface area contributed by atoms with Crippen LogP contribution in [0.15, 0.2) is 53.7 Å². The minimum Gasteiger partial charge on any atom is -0.326 e. The summed E-state index contributed by atoms with van der Waals surface area (Å²) in [4.78, 5) is 17.0. The van der Waals surface area contributed by atoms with Gasteiger partial charge in [-0.3, -0.25) is 4.79 Å². The van der Waals surface area contributed by atoms with Crippen molar-refractivity contribution in [2.24, 2.45) is 5.92 Å². The third-order valence-corrected chi connectivity index (χ3v) is 8.16. The number of benzene rings is 1. The SMILES string of the molecule is CCCCS(=O)(=O)N1CCC(C(=O)Nc2cccc(CSc3ccccn3)c2)CC1. The highest BCUT2D eigenvalue weighted by molar-refractivity contribution is 7.98. The molecule has 1 N–H and O–H groups in total. The smallest absolute Gasteiger partial charge is 0.227 e. The molecule has 1 aromatic carbocycles. The van der Waals surface area contributed by atoms with Gasteiger partial charge in [-0.1, -0.05) is 31.5 Å². The lowest BCUT2D eigenvalue weighted by molar-refractivity contribution is -0.120. The Bertz CT molecular complexity index is 928. The number of amides is 1. The zero-order valence-electron chi connectivity index (χ0n) is 17.3. The van der Waals surface area contributed by atoms with Gasteiger partial charge in [-0.2, -0.15) is 0 Å². The van der Waals surface area contributed by atoms with Crippen LogP contribution in [-0.4, -0.2) is 42.5 Å². The van der Waals surface area contributed by atoms with Crippen LogP contribution in [0.1, 0.15) is 38.2 Å². The van der Waals surface area contributed by atoms with Gasteiger partial charge in [0, 0.05) is 36.6 Å². The first-order chi connectivity index (χ1) is 14.5. The average molecular weight is 448 g/mol. The summed E-state index contributed by atoms with van der Waals surface area (Å²) in [5.41, 5.74) is 1.89. The van der Waals surface area contributed by atoms with Crippen LogP contribution in [0, 0.1) is 5.92 Å². The largest absolute Gasteiger partial charge is 0.326 e. The molecule has 6 nitrogen and oxygen atoms in total. The van der Waals surface area contributed by atoms with Gasteiger partial charge < -0.3 is 5.32 Å². The molecular weight excluding hydrogens is 418 g/mol. The van der Waals surface area contributed by atoms with Gasteiger partial charge in [0.05, 0.1) is 10.8 Å². The summed E-state index contributed by atoms with van der Waals surface area (Å²) < 4.78 is 26.2. The number of rotatable bonds is 9. The molecule has 1 fully saturated rings. The number of unbranched alkanes of at least 4 members (excludes halogenated alkanes) is 1. The number of carbonyl (C=O) groups is 1. The predicted octanol–water partition coefficient (Wildman–Crippen LogP) is 4.15. The third kappa shape index (κ3) is 6.55. The van der Waals surface area contributed by atoms with E-state index in [2.05, 4.69) is 10.3 Å². The molecule has 162 valence electrons. The summed E-state index contributed by atoms with van der Waals surface area (Å²) in [5, 5.41) is 3.97. The quantitative estimate of drug-likeness (QED) is 0.584. The number of anilines is 1. The predicted molar refractivity (Wildman–Crippen MR) is 122 cm³/mol. The van der Waals surface area contributed by atoms with E-state index in [1.165, 1.54) is 0 Å². The summed E-state index contributed by atoms with van der Waals surface area (Å²) in [5.74, 6) is 0.780. The normalized spacial score (nSPS) is 15.8. The highest BCUT2D eigenvalue weighted by Gasteiger charge is 2.30. The molecule has 0 radical (unpaired) electrons. The maximum atomic E-state index is 12.7. The van der Waals surface area contributed by atoms with Crippen LogP contribution >= 0.6 is 11.8 Å². The first-order valence-electron chi connectivity index (χ1n) is 10.4. The summed E-state index contributed by atoms with van der Waals surface area (Å²) in [6.45, 7) is 2.83. The van der Waals surface area contributed by atoms with E-state index in [1.807, 2.05) is 49.4 Å². The van der Waals surface area contributed by atoms with E-state index in [0.717, 1.165) is 28.5 Å². The first kappa shape index (κ1) is 22.8. The van der Waals surface area contributed by atoms with Crippen molar-refractivity contribution < 1.29 is 13.2 Å². The molecule has 0 saturated carbocycles. The van der Waals surface area contributed by atoms with Crippen LogP contribution in [0.2, 0.25) is 0 Å². The Balaban J connectivity index is 1.50. The Hall–Kier alpha value is -1.90. The summed E-state index contributed by atoms with van der Waals surface area (Å²) >= 11 is 1.65. The molecule has 0 spiro atoms. The van der Waals surface area contributed by atoms with Crippen LogP contribution in [-0.2, 0) is 20.6 Å². The second-order valence-electron chi connectivity index (χ2n) is 7.49. The highest BCUT2D eigenvalue weighted by atomic mass is 32.2. The summed E-state index contributed by atoms with van der Waals surface area (Å²) in [6, 6.07) is 13.7. The van der Waals surface area contributed by atoms with E-state index >= 15 is 0 Å². The van der Waals surface area contributed by atoms with Crippen molar-refractivity contribution in [3.05, 3.63) is 54.2 Å². The number of piperidine rings is 1. The maximum absolute atomic E-state index is 12.7. The number of sulfonamides is 1. The van der Waals surface area contributed by atoms with E-state index in [9.17, 15) is 13.2 Å². The van der Waals surface area contributed by atoms with Crippen molar-refractivity contribution in [1.82, 2.24) is 9.29 Å². The fourth-order valence-corrected chi connectivity index (χ4v) is 5.91. The number of hydrogen-bond donors (Lipinski definition) is 1. The lowest BCUT2D eigenvalue weighted by Crippen LogP contribution is -2.42. The van der Waals surface area contributed by atoms with Gasteiger partial charge in [-0.25, -0.2) is 17.7 Å². The van der Waals surface area contributed by atoms with Crippen LogP contribution < -0.4 is 5.32 Å². The second-order valence-corrected chi connectivity index (χ2v) is 10.6. The molecule has 2 aromatic rings. The lowest BCUT2D eigenvalue weighted by Gasteiger charge is -2.30. The third-order valence-electron chi connectivity index (χ3n) is 5.19. The van der Waals surface area contributed by atoms with E-state index in [1.54, 1.807) is 22.3 Å². The fraction of sp³-hybridized carbons (Fsp3) is 0.455. The van der Waals surface area contributed by atoms with Crippen molar-refractivity contribution in [2.75, 3.05) is 24.2 Å². The molecule has 0 bridgehead atoms. The number of nitrogens with zero attached hydrogens (tertiary/aromatic N) is 2. The van der Waals surface area contributed by atoms with Gasteiger partial charge >= 0.3 is 0 Å². The molecule has 0 unspecified atom stereocenters. The van der Waals surface area contributed by atoms with Crippen molar-refractivity contribution in [3.8, 4) is 0 Å². The molecular formula is C22H29N3O3S2. The van der Waals surface area contributed by atoms with Gasteiger partial charge in [0.15, 0.2) is 0 Å². The summed E-state index contributed by atoms with van der Waals surface area (Å²) in [6.07, 6.45) is 4.44. The number of aromatic nitrogens is 1. The minimum atomic E-state index is -3.19. The standard InChI is InChI=1S/C22H29N3O3S2/c1-2-3-15-30(27,28)25-13-10-19(11-14-25)22(26)24-20-8-6-7-18(16-20)17-29-21-9-4-5-12-23-21/h4-9,12,16,19H,2-3,10-11,13-15,17H2,1H3,(H,24,26). The fourth-order valence-electron chi connectivity index (χ4n) is 3.42. The highest BCUT2D eigenvalue weighted by Crippen LogP contribution is 2.24.